The van der Waals surface area contributed by atoms with Gasteiger partial charge in [-0.2, -0.15) is 4.31 Å². The Bertz CT molecular complexity index is 525. The summed E-state index contributed by atoms with van der Waals surface area (Å²) in [5.74, 6) is 0.430. The normalized spacial score (nSPS) is 25.6. The lowest BCUT2D eigenvalue weighted by Gasteiger charge is -2.36. The predicted molar refractivity (Wildman–Crippen MR) is 78.8 cm³/mol. The molecule has 1 saturated heterocycles. The van der Waals surface area contributed by atoms with Crippen LogP contribution in [0.5, 0.6) is 0 Å². The topological polar surface area (TPSA) is 49.4 Å². The van der Waals surface area contributed by atoms with Crippen molar-refractivity contribution in [2.24, 2.45) is 5.92 Å². The summed E-state index contributed by atoms with van der Waals surface area (Å²) in [5.41, 5.74) is 0. The summed E-state index contributed by atoms with van der Waals surface area (Å²) in [6, 6.07) is 1.88. The van der Waals surface area contributed by atoms with Crippen LogP contribution in [0.3, 0.4) is 0 Å². The van der Waals surface area contributed by atoms with Gasteiger partial charge in [-0.15, -0.1) is 11.3 Å². The number of nitrogens with zero attached hydrogens (tertiary/aromatic N) is 1. The van der Waals surface area contributed by atoms with E-state index in [-0.39, 0.29) is 6.04 Å². The molecule has 6 heteroatoms. The van der Waals surface area contributed by atoms with E-state index in [0.29, 0.717) is 23.9 Å². The van der Waals surface area contributed by atoms with Gasteiger partial charge in [0.2, 0.25) is 10.0 Å². The molecule has 2 unspecified atom stereocenters. The molecule has 1 aromatic heterocycles. The molecule has 1 aliphatic heterocycles. The van der Waals surface area contributed by atoms with Crippen LogP contribution in [0.4, 0.5) is 0 Å². The Labute approximate surface area is 119 Å². The molecule has 0 saturated carbocycles. The van der Waals surface area contributed by atoms with Gasteiger partial charge in [0.25, 0.3) is 0 Å². The molecule has 19 heavy (non-hydrogen) atoms. The fraction of sp³-hybridized carbons (Fsp3) is 0.692. The molecule has 0 radical (unpaired) electrons. The van der Waals surface area contributed by atoms with Crippen molar-refractivity contribution in [3.63, 3.8) is 0 Å². The highest BCUT2D eigenvalue weighted by atomic mass is 32.2. The molecule has 0 spiro atoms. The average molecular weight is 302 g/mol. The first kappa shape index (κ1) is 15.0. The molecular formula is C13H22N2O2S2. The third-order valence-corrected chi connectivity index (χ3v) is 6.95. The van der Waals surface area contributed by atoms with Gasteiger partial charge in [-0.1, -0.05) is 6.92 Å². The molecule has 1 N–H and O–H groups in total. The van der Waals surface area contributed by atoms with Crippen LogP contribution in [0.1, 0.15) is 31.6 Å². The largest absolute Gasteiger partial charge is 0.315 e. The number of piperidine rings is 1. The standard InChI is InChI=1S/C13H22N2O2S2/c1-10-5-4-6-15(11(10)2)19(16,17)13-7-12(8-14-3)18-9-13/h7,9-11,14H,4-6,8H2,1-3H3. The lowest BCUT2D eigenvalue weighted by Crippen LogP contribution is -2.45. The van der Waals surface area contributed by atoms with Crippen LogP contribution >= 0.6 is 11.3 Å². The highest BCUT2D eigenvalue weighted by Gasteiger charge is 2.34. The van der Waals surface area contributed by atoms with Gasteiger partial charge in [0.1, 0.15) is 0 Å². The first-order valence-electron chi connectivity index (χ1n) is 6.70. The molecule has 1 aliphatic rings. The third-order valence-electron chi connectivity index (χ3n) is 3.90. The molecule has 2 atom stereocenters. The number of sulfonamides is 1. The van der Waals surface area contributed by atoms with Crippen LogP contribution in [0.15, 0.2) is 16.3 Å². The zero-order valence-electron chi connectivity index (χ0n) is 11.7. The summed E-state index contributed by atoms with van der Waals surface area (Å²) < 4.78 is 27.0. The van der Waals surface area contributed by atoms with E-state index in [9.17, 15) is 8.42 Å². The highest BCUT2D eigenvalue weighted by molar-refractivity contribution is 7.89. The van der Waals surface area contributed by atoms with E-state index < -0.39 is 10.0 Å². The third kappa shape index (κ3) is 3.02. The van der Waals surface area contributed by atoms with Gasteiger partial charge in [0.05, 0.1) is 4.90 Å². The maximum Gasteiger partial charge on any atom is 0.244 e. The fourth-order valence-corrected chi connectivity index (χ4v) is 5.58. The summed E-state index contributed by atoms with van der Waals surface area (Å²) in [6.45, 7) is 5.51. The van der Waals surface area contributed by atoms with Crippen molar-refractivity contribution < 1.29 is 8.42 Å². The first-order chi connectivity index (χ1) is 8.96. The van der Waals surface area contributed by atoms with Crippen LogP contribution in [0.2, 0.25) is 0 Å². The quantitative estimate of drug-likeness (QED) is 0.928. The molecule has 2 rings (SSSR count). The summed E-state index contributed by atoms with van der Waals surface area (Å²) in [4.78, 5) is 1.50. The lowest BCUT2D eigenvalue weighted by atomic mass is 9.94. The van der Waals surface area contributed by atoms with Gasteiger partial charge in [-0.05, 0) is 38.8 Å². The van der Waals surface area contributed by atoms with Crippen molar-refractivity contribution in [2.75, 3.05) is 13.6 Å². The molecule has 1 fully saturated rings. The van der Waals surface area contributed by atoms with Crippen LogP contribution in [0.25, 0.3) is 0 Å². The maximum absolute atomic E-state index is 12.7. The minimum absolute atomic E-state index is 0.0893. The first-order valence-corrected chi connectivity index (χ1v) is 9.02. The Morgan fingerprint density at radius 2 is 2.21 bits per heavy atom. The number of hydrogen-bond acceptors (Lipinski definition) is 4. The van der Waals surface area contributed by atoms with E-state index in [4.69, 9.17) is 0 Å². The van der Waals surface area contributed by atoms with Crippen LogP contribution < -0.4 is 5.32 Å². The second-order valence-electron chi connectivity index (χ2n) is 5.25. The average Bonchev–Trinajstić information content (AvgIpc) is 2.82. The van der Waals surface area contributed by atoms with Crippen molar-refractivity contribution >= 4 is 21.4 Å². The SMILES string of the molecule is CNCc1cc(S(=O)(=O)N2CCCC(C)C2C)cs1. The Morgan fingerprint density at radius 3 is 2.89 bits per heavy atom. The van der Waals surface area contributed by atoms with Crippen LogP contribution in [0, 0.1) is 5.92 Å². The minimum Gasteiger partial charge on any atom is -0.315 e. The van der Waals surface area contributed by atoms with E-state index in [0.717, 1.165) is 17.7 Å². The highest BCUT2D eigenvalue weighted by Crippen LogP contribution is 2.30. The van der Waals surface area contributed by atoms with E-state index in [1.165, 1.54) is 11.3 Å². The summed E-state index contributed by atoms with van der Waals surface area (Å²) >= 11 is 1.50. The molecule has 108 valence electrons. The van der Waals surface area contributed by atoms with E-state index in [1.807, 2.05) is 14.0 Å². The predicted octanol–water partition coefficient (Wildman–Crippen LogP) is 2.28. The molecule has 4 nitrogen and oxygen atoms in total. The molecule has 0 amide bonds. The summed E-state index contributed by atoms with van der Waals surface area (Å²) in [5, 5.41) is 4.80. The van der Waals surface area contributed by atoms with E-state index >= 15 is 0 Å². The molecule has 2 heterocycles. The Morgan fingerprint density at radius 1 is 1.47 bits per heavy atom. The van der Waals surface area contributed by atoms with Crippen molar-refractivity contribution in [2.45, 2.75) is 44.2 Å². The molecule has 1 aromatic rings. The monoisotopic (exact) mass is 302 g/mol. The van der Waals surface area contributed by atoms with Crippen LogP contribution in [-0.2, 0) is 16.6 Å². The smallest absolute Gasteiger partial charge is 0.244 e. The van der Waals surface area contributed by atoms with Crippen molar-refractivity contribution in [1.82, 2.24) is 9.62 Å². The second kappa shape index (κ2) is 5.91. The Kier molecular flexibility index (Phi) is 4.66. The number of thiophene rings is 1. The van der Waals surface area contributed by atoms with Gasteiger partial charge in [-0.25, -0.2) is 8.42 Å². The van der Waals surface area contributed by atoms with Gasteiger partial charge in [0.15, 0.2) is 0 Å². The Hall–Kier alpha value is -0.430. The summed E-state index contributed by atoms with van der Waals surface area (Å²) in [7, 11) is -1.46. The second-order valence-corrected chi connectivity index (χ2v) is 8.14. The fourth-order valence-electron chi connectivity index (χ4n) is 2.53. The number of hydrogen-bond donors (Lipinski definition) is 1. The molecule has 0 aromatic carbocycles. The summed E-state index contributed by atoms with van der Waals surface area (Å²) in [6.07, 6.45) is 2.07. The van der Waals surface area contributed by atoms with Gasteiger partial charge in [0, 0.05) is 29.4 Å². The van der Waals surface area contributed by atoms with Crippen molar-refractivity contribution in [3.8, 4) is 0 Å². The van der Waals surface area contributed by atoms with E-state index in [2.05, 4.69) is 12.2 Å². The molecular weight excluding hydrogens is 280 g/mol. The van der Waals surface area contributed by atoms with Gasteiger partial charge in [-0.3, -0.25) is 0 Å². The number of rotatable bonds is 4. The van der Waals surface area contributed by atoms with Crippen molar-refractivity contribution in [3.05, 3.63) is 16.3 Å². The maximum atomic E-state index is 12.7. The van der Waals surface area contributed by atoms with Crippen LogP contribution in [-0.4, -0.2) is 32.4 Å². The lowest BCUT2D eigenvalue weighted by molar-refractivity contribution is 0.202. The van der Waals surface area contributed by atoms with Gasteiger partial charge >= 0.3 is 0 Å². The molecule has 0 aliphatic carbocycles. The minimum atomic E-state index is -3.33. The molecule has 0 bridgehead atoms. The van der Waals surface area contributed by atoms with Gasteiger partial charge < -0.3 is 5.32 Å². The zero-order chi connectivity index (χ0) is 14.0. The van der Waals surface area contributed by atoms with Crippen molar-refractivity contribution in [1.29, 1.82) is 0 Å². The zero-order valence-corrected chi connectivity index (χ0v) is 13.4. The van der Waals surface area contributed by atoms with E-state index in [1.54, 1.807) is 15.8 Å². The Balaban J connectivity index is 2.25. The number of nitrogens with one attached hydrogen (secondary N) is 1.